The van der Waals surface area contributed by atoms with Crippen LogP contribution >= 0.6 is 0 Å². The van der Waals surface area contributed by atoms with E-state index in [-0.39, 0.29) is 0 Å². The first-order valence-corrected chi connectivity index (χ1v) is 7.75. The summed E-state index contributed by atoms with van der Waals surface area (Å²) in [4.78, 5) is 1.73. The summed E-state index contributed by atoms with van der Waals surface area (Å²) in [5.41, 5.74) is 5.28. The summed E-state index contributed by atoms with van der Waals surface area (Å²) in [6, 6.07) is 18.7. The van der Waals surface area contributed by atoms with E-state index in [9.17, 15) is 0 Å². The highest BCUT2D eigenvalue weighted by Gasteiger charge is 2.08. The fourth-order valence-electron chi connectivity index (χ4n) is 2.91. The van der Waals surface area contributed by atoms with Crippen LogP contribution in [-0.2, 0) is 0 Å². The second-order valence-corrected chi connectivity index (χ2v) is 5.68. The number of aryl methyl sites for hydroxylation is 1. The van der Waals surface area contributed by atoms with Gasteiger partial charge in [0.15, 0.2) is 0 Å². The van der Waals surface area contributed by atoms with Crippen molar-refractivity contribution in [1.29, 1.82) is 0 Å². The van der Waals surface area contributed by atoms with E-state index in [1.165, 1.54) is 16.5 Å². The normalized spacial score (nSPS) is 11.7. The van der Waals surface area contributed by atoms with E-state index in [4.69, 9.17) is 5.10 Å². The fourth-order valence-corrected chi connectivity index (χ4v) is 2.91. The van der Waals surface area contributed by atoms with E-state index < -0.39 is 0 Å². The van der Waals surface area contributed by atoms with Gasteiger partial charge in [0, 0.05) is 5.39 Å². The van der Waals surface area contributed by atoms with Crippen molar-refractivity contribution in [3.8, 4) is 5.69 Å². The van der Waals surface area contributed by atoms with E-state index in [1.54, 1.807) is 4.80 Å². The molecule has 0 spiro atoms. The number of nitrogens with zero attached hydrogens (tertiary/aromatic N) is 3. The van der Waals surface area contributed by atoms with Crippen LogP contribution in [0, 0.1) is 6.92 Å². The van der Waals surface area contributed by atoms with Crippen molar-refractivity contribution >= 4 is 27.9 Å². The standard InChI is InChI=1S/C20H17N3/c1-3-6-15-9-11-17(13-14(15)2)23-21-19-12-10-16-7-4-5-8-18(16)20(19)22-23/h3-13H,1-2H3. The van der Waals surface area contributed by atoms with Crippen LogP contribution in [0.5, 0.6) is 0 Å². The van der Waals surface area contributed by atoms with Crippen molar-refractivity contribution in [3.63, 3.8) is 0 Å². The van der Waals surface area contributed by atoms with E-state index in [0.717, 1.165) is 22.1 Å². The molecule has 4 rings (SSSR count). The van der Waals surface area contributed by atoms with Gasteiger partial charge in [0.1, 0.15) is 11.0 Å². The van der Waals surface area contributed by atoms with E-state index in [1.807, 2.05) is 25.1 Å². The molecular weight excluding hydrogens is 282 g/mol. The molecule has 3 aromatic carbocycles. The van der Waals surface area contributed by atoms with E-state index in [2.05, 4.69) is 60.6 Å². The Morgan fingerprint density at radius 2 is 1.83 bits per heavy atom. The number of allylic oxidation sites excluding steroid dienone is 1. The third kappa shape index (κ3) is 2.30. The largest absolute Gasteiger partial charge is 0.150 e. The zero-order valence-electron chi connectivity index (χ0n) is 13.2. The van der Waals surface area contributed by atoms with Crippen molar-refractivity contribution in [3.05, 3.63) is 71.8 Å². The topological polar surface area (TPSA) is 30.7 Å². The fraction of sp³-hybridized carbons (Fsp3) is 0.100. The predicted molar refractivity (Wildman–Crippen MR) is 95.8 cm³/mol. The first-order valence-electron chi connectivity index (χ1n) is 7.75. The number of fused-ring (bicyclic) bond motifs is 3. The minimum Gasteiger partial charge on any atom is -0.150 e. The maximum atomic E-state index is 4.72. The second-order valence-electron chi connectivity index (χ2n) is 5.68. The Morgan fingerprint density at radius 3 is 2.65 bits per heavy atom. The van der Waals surface area contributed by atoms with Crippen molar-refractivity contribution in [2.75, 3.05) is 0 Å². The zero-order chi connectivity index (χ0) is 15.8. The molecule has 0 unspecified atom stereocenters. The molecule has 0 bridgehead atoms. The summed E-state index contributed by atoms with van der Waals surface area (Å²) in [6.07, 6.45) is 4.16. The molecule has 112 valence electrons. The van der Waals surface area contributed by atoms with Crippen LogP contribution in [0.2, 0.25) is 0 Å². The quantitative estimate of drug-likeness (QED) is 0.526. The van der Waals surface area contributed by atoms with Gasteiger partial charge in [-0.3, -0.25) is 0 Å². The van der Waals surface area contributed by atoms with Gasteiger partial charge >= 0.3 is 0 Å². The number of hydrogen-bond donors (Lipinski definition) is 0. The third-order valence-electron chi connectivity index (χ3n) is 4.11. The summed E-state index contributed by atoms with van der Waals surface area (Å²) in [7, 11) is 0. The van der Waals surface area contributed by atoms with Gasteiger partial charge < -0.3 is 0 Å². The summed E-state index contributed by atoms with van der Waals surface area (Å²) >= 11 is 0. The Labute approximate surface area is 134 Å². The van der Waals surface area contributed by atoms with Gasteiger partial charge in [0.05, 0.1) is 5.69 Å². The van der Waals surface area contributed by atoms with Gasteiger partial charge in [-0.15, -0.1) is 10.2 Å². The SMILES string of the molecule is CC=Cc1ccc(-n2nc3ccc4ccccc4c3n2)cc1C. The molecule has 0 aliphatic carbocycles. The smallest absolute Gasteiger partial charge is 0.121 e. The van der Waals surface area contributed by atoms with Crippen LogP contribution in [0.25, 0.3) is 33.6 Å². The molecule has 0 aliphatic rings. The van der Waals surface area contributed by atoms with Gasteiger partial charge in [-0.25, -0.2) is 0 Å². The average molecular weight is 299 g/mol. The van der Waals surface area contributed by atoms with Gasteiger partial charge in [-0.2, -0.15) is 4.80 Å². The van der Waals surface area contributed by atoms with Crippen molar-refractivity contribution in [2.24, 2.45) is 0 Å². The van der Waals surface area contributed by atoms with Crippen LogP contribution in [0.15, 0.2) is 60.7 Å². The van der Waals surface area contributed by atoms with Gasteiger partial charge in [-0.1, -0.05) is 48.6 Å². The third-order valence-corrected chi connectivity index (χ3v) is 4.11. The van der Waals surface area contributed by atoms with Crippen LogP contribution in [0.3, 0.4) is 0 Å². The summed E-state index contributed by atoms with van der Waals surface area (Å²) in [5, 5.41) is 11.7. The summed E-state index contributed by atoms with van der Waals surface area (Å²) in [5.74, 6) is 0. The number of aromatic nitrogens is 3. The van der Waals surface area contributed by atoms with Gasteiger partial charge in [0.25, 0.3) is 0 Å². The first kappa shape index (κ1) is 13.7. The number of benzene rings is 3. The Bertz CT molecular complexity index is 1040. The highest BCUT2D eigenvalue weighted by Crippen LogP contribution is 2.23. The average Bonchev–Trinajstić information content (AvgIpc) is 3.01. The summed E-state index contributed by atoms with van der Waals surface area (Å²) in [6.45, 7) is 4.14. The molecule has 0 saturated heterocycles. The van der Waals surface area contributed by atoms with Crippen molar-refractivity contribution in [1.82, 2.24) is 15.0 Å². The molecular formula is C20H17N3. The molecule has 0 radical (unpaired) electrons. The van der Waals surface area contributed by atoms with Crippen LogP contribution < -0.4 is 0 Å². The Balaban J connectivity index is 1.89. The lowest BCUT2D eigenvalue weighted by Gasteiger charge is -2.04. The highest BCUT2D eigenvalue weighted by molar-refractivity contribution is 6.03. The Morgan fingerprint density at radius 1 is 0.957 bits per heavy atom. The summed E-state index contributed by atoms with van der Waals surface area (Å²) < 4.78 is 0. The van der Waals surface area contributed by atoms with Crippen LogP contribution in [0.4, 0.5) is 0 Å². The molecule has 0 N–H and O–H groups in total. The van der Waals surface area contributed by atoms with Crippen LogP contribution in [-0.4, -0.2) is 15.0 Å². The molecule has 0 fully saturated rings. The van der Waals surface area contributed by atoms with Crippen molar-refractivity contribution in [2.45, 2.75) is 13.8 Å². The highest BCUT2D eigenvalue weighted by atomic mass is 15.5. The lowest BCUT2D eigenvalue weighted by atomic mass is 10.1. The Hall–Kier alpha value is -2.94. The maximum absolute atomic E-state index is 4.72. The monoisotopic (exact) mass is 299 g/mol. The predicted octanol–water partition coefficient (Wildman–Crippen LogP) is 4.92. The van der Waals surface area contributed by atoms with Gasteiger partial charge in [0.2, 0.25) is 0 Å². The minimum absolute atomic E-state index is 0.916. The Kier molecular flexibility index (Phi) is 3.19. The molecule has 0 saturated carbocycles. The zero-order valence-corrected chi connectivity index (χ0v) is 13.2. The molecule has 0 aliphatic heterocycles. The lowest BCUT2D eigenvalue weighted by Crippen LogP contribution is -1.99. The first-order chi connectivity index (χ1) is 11.3. The minimum atomic E-state index is 0.916. The lowest BCUT2D eigenvalue weighted by molar-refractivity contribution is 0.765. The molecule has 4 aromatic rings. The molecule has 1 heterocycles. The van der Waals surface area contributed by atoms with Crippen molar-refractivity contribution < 1.29 is 0 Å². The molecule has 0 amide bonds. The van der Waals surface area contributed by atoms with E-state index in [0.29, 0.717) is 0 Å². The molecule has 3 nitrogen and oxygen atoms in total. The molecule has 3 heteroatoms. The van der Waals surface area contributed by atoms with Gasteiger partial charge in [-0.05, 0) is 48.6 Å². The van der Waals surface area contributed by atoms with E-state index >= 15 is 0 Å². The molecule has 1 aromatic heterocycles. The molecule has 0 atom stereocenters. The number of rotatable bonds is 2. The van der Waals surface area contributed by atoms with Crippen LogP contribution in [0.1, 0.15) is 18.1 Å². The second kappa shape index (κ2) is 5.36. The maximum Gasteiger partial charge on any atom is 0.121 e. The molecule has 23 heavy (non-hydrogen) atoms. The number of hydrogen-bond acceptors (Lipinski definition) is 2.